The molecule has 2 N–H and O–H groups in total. The quantitative estimate of drug-likeness (QED) is 0.347. The number of pyridine rings is 1. The second kappa shape index (κ2) is 10.1. The number of likely N-dealkylation sites (tertiary alicyclic amines) is 1. The van der Waals surface area contributed by atoms with E-state index in [0.717, 1.165) is 11.1 Å². The van der Waals surface area contributed by atoms with E-state index in [1.54, 1.807) is 31.3 Å². The molecule has 10 heteroatoms. The van der Waals surface area contributed by atoms with Gasteiger partial charge in [-0.15, -0.1) is 0 Å². The molecule has 1 unspecified atom stereocenters. The number of nitrogens with one attached hydrogen (secondary N) is 1. The van der Waals surface area contributed by atoms with Gasteiger partial charge in [-0.1, -0.05) is 49.3 Å². The number of imide groups is 1. The van der Waals surface area contributed by atoms with E-state index in [-0.39, 0.29) is 23.3 Å². The van der Waals surface area contributed by atoms with Gasteiger partial charge in [-0.2, -0.15) is 4.98 Å². The number of carbonyl (C=O) groups is 2. The molecule has 4 heterocycles. The maximum atomic E-state index is 16.2. The Morgan fingerprint density at radius 1 is 1.17 bits per heavy atom. The zero-order valence-corrected chi connectivity index (χ0v) is 23.3. The first-order valence-corrected chi connectivity index (χ1v) is 13.8. The standard InChI is InChI=1S/C31H32FN5O4/c1-18-34-28(36-41-18)20-6-4-19(5-7-20)16-37-13-12-31(40,30(2,3)17-37)24-9-10-25-23(27(24)32)14-21(15-33-25)22-8-11-26(38)35-29(22)39/h4-7,9-10,14-15,22,40H,8,11-13,16-17H2,1-3H3,(H,35,38,39)/t22?,31-/m0/s1. The van der Waals surface area contributed by atoms with Gasteiger partial charge in [0.05, 0.1) is 17.0 Å². The van der Waals surface area contributed by atoms with Crippen LogP contribution in [0.5, 0.6) is 0 Å². The fourth-order valence-corrected chi connectivity index (χ4v) is 6.20. The molecule has 2 aliphatic heterocycles. The molecule has 2 amide bonds. The summed E-state index contributed by atoms with van der Waals surface area (Å²) in [6.45, 7) is 7.50. The van der Waals surface area contributed by atoms with Gasteiger partial charge in [-0.25, -0.2) is 4.39 Å². The van der Waals surface area contributed by atoms with Gasteiger partial charge in [0.1, 0.15) is 5.82 Å². The van der Waals surface area contributed by atoms with Crippen LogP contribution in [0.25, 0.3) is 22.3 Å². The summed E-state index contributed by atoms with van der Waals surface area (Å²) in [6.07, 6.45) is 2.49. The lowest BCUT2D eigenvalue weighted by Gasteiger charge is -2.50. The number of hydrogen-bond donors (Lipinski definition) is 2. The molecule has 2 fully saturated rings. The van der Waals surface area contributed by atoms with Crippen molar-refractivity contribution in [3.63, 3.8) is 0 Å². The normalized spacial score (nSPS) is 23.1. The molecule has 0 spiro atoms. The maximum absolute atomic E-state index is 16.2. The third-order valence-electron chi connectivity index (χ3n) is 8.58. The average Bonchev–Trinajstić information content (AvgIpc) is 3.37. The number of aryl methyl sites for hydroxylation is 1. The van der Waals surface area contributed by atoms with E-state index in [9.17, 15) is 14.7 Å². The van der Waals surface area contributed by atoms with E-state index in [4.69, 9.17) is 4.52 Å². The third-order valence-corrected chi connectivity index (χ3v) is 8.58. The Morgan fingerprint density at radius 2 is 1.95 bits per heavy atom. The molecule has 0 saturated carbocycles. The topological polar surface area (TPSA) is 121 Å². The molecular formula is C31H32FN5O4. The smallest absolute Gasteiger partial charge is 0.234 e. The molecule has 2 saturated heterocycles. The van der Waals surface area contributed by atoms with Gasteiger partial charge in [0, 0.05) is 61.1 Å². The number of halogens is 1. The highest BCUT2D eigenvalue weighted by Crippen LogP contribution is 2.48. The maximum Gasteiger partial charge on any atom is 0.234 e. The Bertz CT molecular complexity index is 1650. The number of aliphatic hydroxyl groups is 1. The molecule has 212 valence electrons. The van der Waals surface area contributed by atoms with Crippen molar-refractivity contribution >= 4 is 22.7 Å². The van der Waals surface area contributed by atoms with Gasteiger partial charge >= 0.3 is 0 Å². The summed E-state index contributed by atoms with van der Waals surface area (Å²) in [4.78, 5) is 34.9. The summed E-state index contributed by atoms with van der Waals surface area (Å²) in [7, 11) is 0. The van der Waals surface area contributed by atoms with E-state index in [1.165, 1.54) is 0 Å². The molecular weight excluding hydrogens is 525 g/mol. The summed E-state index contributed by atoms with van der Waals surface area (Å²) in [6, 6.07) is 13.0. The number of fused-ring (bicyclic) bond motifs is 1. The number of benzene rings is 2. The molecule has 6 rings (SSSR count). The van der Waals surface area contributed by atoms with E-state index < -0.39 is 28.7 Å². The van der Waals surface area contributed by atoms with Crippen LogP contribution in [0.15, 0.2) is 53.2 Å². The zero-order valence-electron chi connectivity index (χ0n) is 23.3. The molecule has 4 aromatic rings. The van der Waals surface area contributed by atoms with Crippen molar-refractivity contribution in [3.8, 4) is 11.4 Å². The van der Waals surface area contributed by atoms with Crippen molar-refractivity contribution < 1.29 is 23.6 Å². The highest BCUT2D eigenvalue weighted by Gasteiger charge is 2.50. The summed E-state index contributed by atoms with van der Waals surface area (Å²) < 4.78 is 21.3. The van der Waals surface area contributed by atoms with Crippen LogP contribution in [0.3, 0.4) is 0 Å². The predicted octanol–water partition coefficient (Wildman–Crippen LogP) is 4.37. The summed E-state index contributed by atoms with van der Waals surface area (Å²) in [5, 5.41) is 18.6. The van der Waals surface area contributed by atoms with E-state index in [0.29, 0.717) is 55.3 Å². The van der Waals surface area contributed by atoms with Crippen LogP contribution in [0.2, 0.25) is 0 Å². The van der Waals surface area contributed by atoms with Crippen molar-refractivity contribution in [1.29, 1.82) is 0 Å². The average molecular weight is 558 g/mol. The van der Waals surface area contributed by atoms with Crippen LogP contribution in [-0.4, -0.2) is 50.0 Å². The highest BCUT2D eigenvalue weighted by molar-refractivity contribution is 6.01. The van der Waals surface area contributed by atoms with Gasteiger partial charge in [0.25, 0.3) is 0 Å². The molecule has 2 aliphatic rings. The van der Waals surface area contributed by atoms with E-state index in [2.05, 4.69) is 25.3 Å². The van der Waals surface area contributed by atoms with Crippen LogP contribution in [-0.2, 0) is 21.7 Å². The molecule has 0 bridgehead atoms. The lowest BCUT2D eigenvalue weighted by Crippen LogP contribution is -2.55. The Kier molecular flexibility index (Phi) is 6.70. The fraction of sp³-hybridized carbons (Fsp3) is 0.387. The second-order valence-electron chi connectivity index (χ2n) is 11.8. The molecule has 2 aromatic heterocycles. The van der Waals surface area contributed by atoms with Crippen molar-refractivity contribution in [2.75, 3.05) is 13.1 Å². The minimum absolute atomic E-state index is 0.226. The number of nitrogens with zero attached hydrogens (tertiary/aromatic N) is 4. The zero-order chi connectivity index (χ0) is 28.9. The first-order valence-electron chi connectivity index (χ1n) is 13.8. The van der Waals surface area contributed by atoms with Gasteiger partial charge < -0.3 is 9.63 Å². The molecule has 0 radical (unpaired) electrons. The van der Waals surface area contributed by atoms with Gasteiger partial charge in [-0.3, -0.25) is 24.8 Å². The first kappa shape index (κ1) is 27.2. The highest BCUT2D eigenvalue weighted by atomic mass is 19.1. The van der Waals surface area contributed by atoms with Crippen LogP contribution < -0.4 is 5.32 Å². The first-order chi connectivity index (χ1) is 19.5. The Morgan fingerprint density at radius 3 is 2.63 bits per heavy atom. The molecule has 9 nitrogen and oxygen atoms in total. The predicted molar refractivity (Wildman–Crippen MR) is 149 cm³/mol. The van der Waals surface area contributed by atoms with Crippen LogP contribution >= 0.6 is 0 Å². The second-order valence-corrected chi connectivity index (χ2v) is 11.8. The van der Waals surface area contributed by atoms with E-state index >= 15 is 4.39 Å². The number of rotatable bonds is 5. The van der Waals surface area contributed by atoms with Gasteiger partial charge in [0.15, 0.2) is 0 Å². The minimum Gasteiger partial charge on any atom is -0.384 e. The largest absolute Gasteiger partial charge is 0.384 e. The molecule has 2 aromatic carbocycles. The summed E-state index contributed by atoms with van der Waals surface area (Å²) >= 11 is 0. The molecule has 0 aliphatic carbocycles. The monoisotopic (exact) mass is 557 g/mol. The van der Waals surface area contributed by atoms with Gasteiger partial charge in [0.2, 0.25) is 23.5 Å². The number of piperidine rings is 2. The van der Waals surface area contributed by atoms with E-state index in [1.807, 2.05) is 38.1 Å². The Hall–Kier alpha value is -4.02. The van der Waals surface area contributed by atoms with Gasteiger partial charge in [-0.05, 0) is 36.1 Å². The molecule has 2 atom stereocenters. The van der Waals surface area contributed by atoms with Crippen molar-refractivity contribution in [1.82, 2.24) is 25.3 Å². The van der Waals surface area contributed by atoms with Crippen molar-refractivity contribution in [2.45, 2.75) is 58.1 Å². The number of hydrogen-bond acceptors (Lipinski definition) is 8. The fourth-order valence-electron chi connectivity index (χ4n) is 6.20. The third kappa shape index (κ3) is 4.91. The number of aromatic nitrogens is 3. The van der Waals surface area contributed by atoms with Crippen molar-refractivity contribution in [3.05, 3.63) is 77.1 Å². The Balaban J connectivity index is 1.23. The summed E-state index contributed by atoms with van der Waals surface area (Å²) in [5.41, 5.74) is 1.14. The number of carbonyl (C=O) groups excluding carboxylic acids is 2. The van der Waals surface area contributed by atoms with Crippen LogP contribution in [0.4, 0.5) is 4.39 Å². The lowest BCUT2D eigenvalue weighted by molar-refractivity contribution is -0.134. The minimum atomic E-state index is -1.41. The number of amides is 2. The SMILES string of the molecule is Cc1nc(-c2ccc(CN3CC[C@](O)(c4ccc5ncc(C6CCC(=O)NC6=O)cc5c4F)C(C)(C)C3)cc2)no1. The molecule has 41 heavy (non-hydrogen) atoms. The van der Waals surface area contributed by atoms with Crippen molar-refractivity contribution in [2.24, 2.45) is 5.41 Å². The Labute approximate surface area is 236 Å². The van der Waals surface area contributed by atoms with Crippen LogP contribution in [0.1, 0.15) is 61.6 Å². The van der Waals surface area contributed by atoms with Crippen LogP contribution in [0, 0.1) is 18.2 Å². The summed E-state index contributed by atoms with van der Waals surface area (Å²) in [5.74, 6) is -0.733. The lowest BCUT2D eigenvalue weighted by atomic mass is 9.66.